The minimum Gasteiger partial charge on any atom is -0.281 e. The zero-order valence-corrected chi connectivity index (χ0v) is 11.8. The highest BCUT2D eigenvalue weighted by molar-refractivity contribution is 7.73. The summed E-state index contributed by atoms with van der Waals surface area (Å²) in [7, 11) is 0. The highest BCUT2D eigenvalue weighted by Crippen LogP contribution is 2.10. The van der Waals surface area contributed by atoms with E-state index in [0.29, 0.717) is 14.1 Å². The summed E-state index contributed by atoms with van der Waals surface area (Å²) < 4.78 is 0.486. The Balaban J connectivity index is 1.86. The molecule has 0 bridgehead atoms. The van der Waals surface area contributed by atoms with Crippen molar-refractivity contribution in [2.24, 2.45) is 5.10 Å². The zero-order chi connectivity index (χ0) is 13.7. The van der Waals surface area contributed by atoms with Gasteiger partial charge in [0, 0.05) is 5.02 Å². The number of rotatable bonds is 3. The van der Waals surface area contributed by atoms with Crippen molar-refractivity contribution in [3.63, 3.8) is 0 Å². The van der Waals surface area contributed by atoms with Gasteiger partial charge in [-0.15, -0.1) is 5.10 Å². The van der Waals surface area contributed by atoms with Gasteiger partial charge in [-0.05, 0) is 29.9 Å². The van der Waals surface area contributed by atoms with Crippen LogP contribution in [-0.2, 0) is 0 Å². The second-order valence-electron chi connectivity index (χ2n) is 3.29. The molecule has 9 heteroatoms. The molecule has 0 aliphatic rings. The molecule has 1 heterocycles. The summed E-state index contributed by atoms with van der Waals surface area (Å²) in [6, 6.07) is 6.54. The van der Waals surface area contributed by atoms with Crippen LogP contribution in [0, 0.1) is 3.95 Å². The lowest BCUT2D eigenvalue weighted by Crippen LogP contribution is -2.24. The van der Waals surface area contributed by atoms with Crippen molar-refractivity contribution in [1.29, 1.82) is 0 Å². The summed E-state index contributed by atoms with van der Waals surface area (Å²) in [5.74, 6) is 0. The predicted molar refractivity (Wildman–Crippen MR) is 78.5 cm³/mol. The lowest BCUT2D eigenvalue weighted by molar-refractivity contribution is 0.252. The number of aromatic nitrogens is 2. The van der Waals surface area contributed by atoms with Gasteiger partial charge in [-0.3, -0.25) is 10.4 Å². The molecule has 98 valence electrons. The third-order valence-electron chi connectivity index (χ3n) is 1.91. The van der Waals surface area contributed by atoms with Gasteiger partial charge in [-0.2, -0.15) is 5.10 Å². The second-order valence-corrected chi connectivity index (χ2v) is 5.40. The fraction of sp³-hybridized carbons (Fsp3) is 0. The van der Waals surface area contributed by atoms with E-state index in [-0.39, 0.29) is 0 Å². The standard InChI is InChI=1S/C10H8ClN5OS2/c11-7-3-1-6(2-4-7)5-12-14-8(17)13-9-15-16-10(18)19-9/h1-5H,(H,16,18)(H2,13,14,15,17)/b12-5+. The molecular weight excluding hydrogens is 306 g/mol. The smallest absolute Gasteiger partial charge is 0.281 e. The molecule has 0 atom stereocenters. The Hall–Kier alpha value is -1.77. The van der Waals surface area contributed by atoms with Crippen LogP contribution in [0.15, 0.2) is 29.4 Å². The van der Waals surface area contributed by atoms with Crippen molar-refractivity contribution < 1.29 is 4.79 Å². The molecule has 0 fully saturated rings. The average molecular weight is 314 g/mol. The van der Waals surface area contributed by atoms with E-state index >= 15 is 0 Å². The van der Waals surface area contributed by atoms with Crippen LogP contribution in [0.25, 0.3) is 0 Å². The molecule has 1 aromatic carbocycles. The molecule has 0 saturated carbocycles. The van der Waals surface area contributed by atoms with E-state index in [9.17, 15) is 4.79 Å². The predicted octanol–water partition coefficient (Wildman–Crippen LogP) is 3.01. The summed E-state index contributed by atoms with van der Waals surface area (Å²) in [5.41, 5.74) is 3.13. The first-order valence-corrected chi connectivity index (χ1v) is 6.65. The SMILES string of the molecule is O=C(N/N=C/c1ccc(Cl)cc1)Nc1n[nH]c(=S)s1. The third-order valence-corrected chi connectivity index (χ3v) is 3.16. The number of anilines is 1. The number of carbonyl (C=O) groups is 1. The summed E-state index contributed by atoms with van der Waals surface area (Å²) >= 11 is 11.7. The molecule has 0 aliphatic carbocycles. The fourth-order valence-corrected chi connectivity index (χ4v) is 2.03. The lowest BCUT2D eigenvalue weighted by atomic mass is 10.2. The Morgan fingerprint density at radius 1 is 1.47 bits per heavy atom. The number of hydrogen-bond donors (Lipinski definition) is 3. The molecule has 1 aromatic heterocycles. The summed E-state index contributed by atoms with van der Waals surface area (Å²) in [4.78, 5) is 11.4. The number of nitrogens with zero attached hydrogens (tertiary/aromatic N) is 2. The van der Waals surface area contributed by atoms with Crippen molar-refractivity contribution in [3.05, 3.63) is 38.8 Å². The van der Waals surface area contributed by atoms with Gasteiger partial charge in [0.15, 0.2) is 3.95 Å². The van der Waals surface area contributed by atoms with E-state index in [1.54, 1.807) is 24.3 Å². The van der Waals surface area contributed by atoms with Crippen molar-refractivity contribution >= 4 is 52.5 Å². The third kappa shape index (κ3) is 4.43. The molecule has 2 aromatic rings. The number of nitrogens with one attached hydrogen (secondary N) is 3. The first-order chi connectivity index (χ1) is 9.13. The number of hydrogen-bond acceptors (Lipinski definition) is 5. The highest BCUT2D eigenvalue weighted by atomic mass is 35.5. The van der Waals surface area contributed by atoms with E-state index in [1.807, 2.05) is 0 Å². The number of urea groups is 1. The Labute approximate surface area is 122 Å². The fourth-order valence-electron chi connectivity index (χ4n) is 1.12. The zero-order valence-electron chi connectivity index (χ0n) is 9.38. The van der Waals surface area contributed by atoms with Crippen LogP contribution in [0.1, 0.15) is 5.56 Å². The first kappa shape index (κ1) is 13.7. The van der Waals surface area contributed by atoms with Crippen molar-refractivity contribution in [3.8, 4) is 0 Å². The van der Waals surface area contributed by atoms with Gasteiger partial charge >= 0.3 is 6.03 Å². The first-order valence-electron chi connectivity index (χ1n) is 5.04. The van der Waals surface area contributed by atoms with Crippen LogP contribution in [-0.4, -0.2) is 22.4 Å². The van der Waals surface area contributed by atoms with E-state index < -0.39 is 6.03 Å². The Morgan fingerprint density at radius 3 is 2.84 bits per heavy atom. The van der Waals surface area contributed by atoms with Crippen LogP contribution >= 0.6 is 35.2 Å². The number of carbonyl (C=O) groups excluding carboxylic acids is 1. The van der Waals surface area contributed by atoms with Gasteiger partial charge in [0.2, 0.25) is 5.13 Å². The highest BCUT2D eigenvalue weighted by Gasteiger charge is 2.02. The number of hydrazone groups is 1. The minimum absolute atomic E-state index is 0.379. The number of benzene rings is 1. The number of aromatic amines is 1. The van der Waals surface area contributed by atoms with E-state index in [0.717, 1.165) is 16.9 Å². The van der Waals surface area contributed by atoms with E-state index in [2.05, 4.69) is 26.0 Å². The van der Waals surface area contributed by atoms with Gasteiger partial charge in [0.1, 0.15) is 0 Å². The second kappa shape index (κ2) is 6.41. The Kier molecular flexibility index (Phi) is 4.61. The van der Waals surface area contributed by atoms with Crippen LogP contribution in [0.2, 0.25) is 5.02 Å². The van der Waals surface area contributed by atoms with Crippen LogP contribution in [0.4, 0.5) is 9.93 Å². The molecule has 19 heavy (non-hydrogen) atoms. The van der Waals surface area contributed by atoms with E-state index in [4.69, 9.17) is 23.8 Å². The molecule has 2 amide bonds. The van der Waals surface area contributed by atoms with Gasteiger partial charge in [0.25, 0.3) is 0 Å². The van der Waals surface area contributed by atoms with Gasteiger partial charge in [0.05, 0.1) is 6.21 Å². The molecule has 0 aliphatic heterocycles. The van der Waals surface area contributed by atoms with Crippen LogP contribution in [0.3, 0.4) is 0 Å². The summed E-state index contributed by atoms with van der Waals surface area (Å²) in [6.45, 7) is 0. The van der Waals surface area contributed by atoms with Gasteiger partial charge in [-0.1, -0.05) is 35.1 Å². The van der Waals surface area contributed by atoms with Crippen LogP contribution < -0.4 is 10.7 Å². The lowest BCUT2D eigenvalue weighted by Gasteiger charge is -1.98. The largest absolute Gasteiger partial charge is 0.341 e. The normalized spacial score (nSPS) is 10.6. The average Bonchev–Trinajstić information content (AvgIpc) is 2.77. The molecule has 2 rings (SSSR count). The molecule has 0 unspecified atom stereocenters. The minimum atomic E-state index is -0.497. The Morgan fingerprint density at radius 2 is 2.21 bits per heavy atom. The molecule has 0 saturated heterocycles. The molecule has 0 spiro atoms. The molecular formula is C10H8ClN5OS2. The van der Waals surface area contributed by atoms with Crippen molar-refractivity contribution in [2.75, 3.05) is 5.32 Å². The van der Waals surface area contributed by atoms with Gasteiger partial charge in [-0.25, -0.2) is 10.2 Å². The van der Waals surface area contributed by atoms with Crippen molar-refractivity contribution in [1.82, 2.24) is 15.6 Å². The summed E-state index contributed by atoms with van der Waals surface area (Å²) in [6.07, 6.45) is 1.50. The quantitative estimate of drug-likeness (QED) is 0.463. The summed E-state index contributed by atoms with van der Waals surface area (Å²) in [5, 5.41) is 13.6. The molecule has 0 radical (unpaired) electrons. The monoisotopic (exact) mass is 313 g/mol. The van der Waals surface area contributed by atoms with Crippen LogP contribution in [0.5, 0.6) is 0 Å². The maximum Gasteiger partial charge on any atom is 0.341 e. The van der Waals surface area contributed by atoms with Crippen molar-refractivity contribution in [2.45, 2.75) is 0 Å². The topological polar surface area (TPSA) is 82.2 Å². The number of H-pyrrole nitrogens is 1. The van der Waals surface area contributed by atoms with Gasteiger partial charge < -0.3 is 0 Å². The molecule has 3 N–H and O–H groups in total. The number of halogens is 1. The maximum atomic E-state index is 11.4. The number of amides is 2. The van der Waals surface area contributed by atoms with E-state index in [1.165, 1.54) is 6.21 Å². The maximum absolute atomic E-state index is 11.4. The molecule has 6 nitrogen and oxygen atoms in total. The Bertz CT molecular complexity index is 648.